The van der Waals surface area contributed by atoms with Gasteiger partial charge in [0.2, 0.25) is 11.6 Å². The molecule has 1 aliphatic rings. The van der Waals surface area contributed by atoms with Crippen LogP contribution in [0.25, 0.3) is 0 Å². The van der Waals surface area contributed by atoms with Gasteiger partial charge in [0.15, 0.2) is 0 Å². The minimum atomic E-state index is -2.43. The van der Waals surface area contributed by atoms with Gasteiger partial charge in [0.1, 0.15) is 0 Å². The summed E-state index contributed by atoms with van der Waals surface area (Å²) in [5.74, 6) is -2.53. The van der Waals surface area contributed by atoms with Gasteiger partial charge in [-0.15, -0.1) is 0 Å². The fourth-order valence-corrected chi connectivity index (χ4v) is 4.49. The van der Waals surface area contributed by atoms with Crippen LogP contribution in [0.5, 0.6) is 0 Å². The summed E-state index contributed by atoms with van der Waals surface area (Å²) in [6.45, 7) is 4.05. The lowest BCUT2D eigenvalue weighted by molar-refractivity contribution is -0.532. The maximum absolute atomic E-state index is 13.5. The number of nitrogens with zero attached hydrogens (tertiary/aromatic N) is 1. The van der Waals surface area contributed by atoms with Crippen LogP contribution >= 0.6 is 0 Å². The molecule has 0 amide bonds. The topological polar surface area (TPSA) is 77.3 Å². The second-order valence-corrected chi connectivity index (χ2v) is 7.85. The van der Waals surface area contributed by atoms with E-state index in [0.29, 0.717) is 11.1 Å². The predicted octanol–water partition coefficient (Wildman–Crippen LogP) is 5.04. The molecule has 4 rings (SSSR count). The maximum atomic E-state index is 13.5. The van der Waals surface area contributed by atoms with Crippen molar-refractivity contribution in [2.45, 2.75) is 38.1 Å². The van der Waals surface area contributed by atoms with Gasteiger partial charge in [-0.2, -0.15) is 0 Å². The molecule has 0 radical (unpaired) electrons. The monoisotopic (exact) mass is 413 g/mol. The number of fused-ring (bicyclic) bond motifs is 1. The Bertz CT molecular complexity index is 1080. The third-order valence-corrected chi connectivity index (χ3v) is 6.26. The van der Waals surface area contributed by atoms with Gasteiger partial charge in [0.25, 0.3) is 0 Å². The Morgan fingerprint density at radius 1 is 0.742 bits per heavy atom. The molecule has 0 bridgehead atoms. The van der Waals surface area contributed by atoms with Crippen molar-refractivity contribution in [2.24, 2.45) is 0 Å². The zero-order valence-electron chi connectivity index (χ0n) is 17.5. The molecule has 1 aliphatic carbocycles. The third kappa shape index (κ3) is 3.08. The largest absolute Gasteiger partial charge is 0.355 e. The van der Waals surface area contributed by atoms with Crippen molar-refractivity contribution in [1.82, 2.24) is 0 Å². The smallest absolute Gasteiger partial charge is 0.285 e. The maximum Gasteiger partial charge on any atom is 0.355 e. The van der Waals surface area contributed by atoms with Crippen LogP contribution in [0.1, 0.15) is 62.7 Å². The Labute approximate surface area is 180 Å². The molecule has 0 unspecified atom stereocenters. The Morgan fingerprint density at radius 3 is 1.45 bits per heavy atom. The molecule has 0 N–H and O–H groups in total. The number of rotatable bonds is 6. The zero-order valence-corrected chi connectivity index (χ0v) is 17.5. The van der Waals surface area contributed by atoms with Gasteiger partial charge in [-0.3, -0.25) is 19.7 Å². The molecule has 0 atom stereocenters. The highest BCUT2D eigenvalue weighted by atomic mass is 16.6. The number of hydrogen-bond acceptors (Lipinski definition) is 4. The van der Waals surface area contributed by atoms with Gasteiger partial charge in [-0.1, -0.05) is 86.6 Å². The van der Waals surface area contributed by atoms with Crippen molar-refractivity contribution in [1.29, 1.82) is 0 Å². The summed E-state index contributed by atoms with van der Waals surface area (Å²) in [5, 5.41) is 12.6. The Hall–Kier alpha value is -3.60. The van der Waals surface area contributed by atoms with Gasteiger partial charge in [0, 0.05) is 16.1 Å². The highest BCUT2D eigenvalue weighted by molar-refractivity contribution is 6.32. The standard InChI is InChI=1S/C26H23NO4/c1-3-17-9-13-19(14-10-17)23(20-15-11-18(4-2)12-16-20)26(27(30)31)24(28)21-7-5-6-8-22(21)25(26)29/h5-16,23H,3-4H2,1-2H3. The number of benzene rings is 3. The van der Waals surface area contributed by atoms with Crippen molar-refractivity contribution in [3.05, 3.63) is 116 Å². The molecular weight excluding hydrogens is 390 g/mol. The average Bonchev–Trinajstić information content (AvgIpc) is 3.03. The van der Waals surface area contributed by atoms with E-state index in [-0.39, 0.29) is 11.1 Å². The number of nitro groups is 1. The molecule has 0 fully saturated rings. The molecular formula is C26H23NO4. The Balaban J connectivity index is 1.99. The fourth-order valence-electron chi connectivity index (χ4n) is 4.49. The lowest BCUT2D eigenvalue weighted by atomic mass is 9.72. The number of ketones is 2. The van der Waals surface area contributed by atoms with E-state index in [2.05, 4.69) is 0 Å². The highest BCUT2D eigenvalue weighted by Gasteiger charge is 2.68. The summed E-state index contributed by atoms with van der Waals surface area (Å²) < 4.78 is 0. The van der Waals surface area contributed by atoms with Crippen LogP contribution < -0.4 is 0 Å². The molecule has 0 saturated carbocycles. The summed E-state index contributed by atoms with van der Waals surface area (Å²) in [6, 6.07) is 21.0. The van der Waals surface area contributed by atoms with Gasteiger partial charge in [0.05, 0.1) is 5.92 Å². The summed E-state index contributed by atoms with van der Waals surface area (Å²) in [7, 11) is 0. The van der Waals surface area contributed by atoms with Crippen LogP contribution in [-0.4, -0.2) is 22.0 Å². The molecule has 31 heavy (non-hydrogen) atoms. The normalized spacial score (nSPS) is 14.7. The molecule has 5 heteroatoms. The minimum absolute atomic E-state index is 0.115. The molecule has 0 heterocycles. The third-order valence-electron chi connectivity index (χ3n) is 6.26. The van der Waals surface area contributed by atoms with Crippen molar-refractivity contribution >= 4 is 11.6 Å². The van der Waals surface area contributed by atoms with Crippen LogP contribution in [0.3, 0.4) is 0 Å². The minimum Gasteiger partial charge on any atom is -0.285 e. The summed E-state index contributed by atoms with van der Waals surface area (Å²) >= 11 is 0. The molecule has 0 spiro atoms. The number of Topliss-reactive ketones (excluding diaryl/α,β-unsaturated/α-hetero) is 2. The lowest BCUT2D eigenvalue weighted by Gasteiger charge is -2.28. The Morgan fingerprint density at radius 2 is 1.13 bits per heavy atom. The van der Waals surface area contributed by atoms with Gasteiger partial charge < -0.3 is 0 Å². The number of carbonyl (C=O) groups is 2. The second kappa shape index (κ2) is 7.91. The van der Waals surface area contributed by atoms with Crippen molar-refractivity contribution in [3.63, 3.8) is 0 Å². The SMILES string of the molecule is CCc1ccc(C(c2ccc(CC)cc2)C2([N+](=O)[O-])C(=O)c3ccccc3C2=O)cc1. The predicted molar refractivity (Wildman–Crippen MR) is 118 cm³/mol. The molecule has 156 valence electrons. The van der Waals surface area contributed by atoms with Crippen molar-refractivity contribution < 1.29 is 14.5 Å². The number of carbonyl (C=O) groups excluding carboxylic acids is 2. The summed E-state index contributed by atoms with van der Waals surface area (Å²) in [4.78, 5) is 39.0. The first kappa shape index (κ1) is 20.7. The van der Waals surface area contributed by atoms with Gasteiger partial charge in [-0.25, -0.2) is 0 Å². The average molecular weight is 413 g/mol. The first-order chi connectivity index (χ1) is 14.9. The molecule has 3 aromatic rings. The van der Waals surface area contributed by atoms with Gasteiger partial charge in [-0.05, 0) is 35.1 Å². The van der Waals surface area contributed by atoms with Crippen molar-refractivity contribution in [3.8, 4) is 0 Å². The van der Waals surface area contributed by atoms with E-state index in [1.807, 2.05) is 38.1 Å². The Kier molecular flexibility index (Phi) is 5.27. The van der Waals surface area contributed by atoms with Crippen LogP contribution in [0.2, 0.25) is 0 Å². The molecule has 0 saturated heterocycles. The van der Waals surface area contributed by atoms with E-state index in [4.69, 9.17) is 0 Å². The van der Waals surface area contributed by atoms with Gasteiger partial charge >= 0.3 is 5.54 Å². The number of aryl methyl sites for hydroxylation is 2. The van der Waals surface area contributed by atoms with E-state index < -0.39 is 27.9 Å². The summed E-state index contributed by atoms with van der Waals surface area (Å²) in [5.41, 5.74) is 1.11. The van der Waals surface area contributed by atoms with E-state index in [1.54, 1.807) is 36.4 Å². The fraction of sp³-hybridized carbons (Fsp3) is 0.231. The molecule has 0 aromatic heterocycles. The van der Waals surface area contributed by atoms with Crippen LogP contribution in [-0.2, 0) is 12.8 Å². The van der Waals surface area contributed by atoms with Crippen LogP contribution in [0, 0.1) is 10.1 Å². The molecule has 0 aliphatic heterocycles. The van der Waals surface area contributed by atoms with E-state index in [0.717, 1.165) is 24.0 Å². The van der Waals surface area contributed by atoms with E-state index in [9.17, 15) is 19.7 Å². The van der Waals surface area contributed by atoms with Crippen molar-refractivity contribution in [2.75, 3.05) is 0 Å². The van der Waals surface area contributed by atoms with Crippen LogP contribution in [0.4, 0.5) is 0 Å². The highest BCUT2D eigenvalue weighted by Crippen LogP contribution is 2.46. The van der Waals surface area contributed by atoms with Crippen LogP contribution in [0.15, 0.2) is 72.8 Å². The molecule has 5 nitrogen and oxygen atoms in total. The van der Waals surface area contributed by atoms with E-state index >= 15 is 0 Å². The zero-order chi connectivity index (χ0) is 22.2. The number of hydrogen-bond donors (Lipinski definition) is 0. The first-order valence-electron chi connectivity index (χ1n) is 10.5. The van der Waals surface area contributed by atoms with E-state index in [1.165, 1.54) is 12.1 Å². The summed E-state index contributed by atoms with van der Waals surface area (Å²) in [6.07, 6.45) is 1.64. The first-order valence-corrected chi connectivity index (χ1v) is 10.5. The quantitative estimate of drug-likeness (QED) is 0.322. The molecule has 3 aromatic carbocycles. The second-order valence-electron chi connectivity index (χ2n) is 7.85. The lowest BCUT2D eigenvalue weighted by Crippen LogP contribution is -2.54.